The standard InChI is InChI=1S/C13H24N2OS/c1-12(2,3)11-15-10(8-17-11)7-14-9-13(4,5)16-6/h8,14H,7,9H2,1-6H3. The lowest BCUT2D eigenvalue weighted by Gasteiger charge is -2.22. The van der Waals surface area contributed by atoms with Crippen LogP contribution in [0.2, 0.25) is 0 Å². The number of rotatable bonds is 5. The summed E-state index contributed by atoms with van der Waals surface area (Å²) in [6.07, 6.45) is 0. The summed E-state index contributed by atoms with van der Waals surface area (Å²) in [7, 11) is 1.74. The van der Waals surface area contributed by atoms with Gasteiger partial charge in [-0.15, -0.1) is 11.3 Å². The van der Waals surface area contributed by atoms with Crippen LogP contribution >= 0.6 is 11.3 Å². The summed E-state index contributed by atoms with van der Waals surface area (Å²) < 4.78 is 5.35. The molecule has 0 unspecified atom stereocenters. The molecule has 17 heavy (non-hydrogen) atoms. The summed E-state index contributed by atoms with van der Waals surface area (Å²) in [5.74, 6) is 0. The molecule has 1 aromatic heterocycles. The van der Waals surface area contributed by atoms with E-state index in [1.54, 1.807) is 18.4 Å². The monoisotopic (exact) mass is 256 g/mol. The normalized spacial score (nSPS) is 13.1. The third kappa shape index (κ3) is 4.74. The molecule has 3 nitrogen and oxygen atoms in total. The van der Waals surface area contributed by atoms with E-state index in [1.165, 1.54) is 5.01 Å². The number of nitrogens with one attached hydrogen (secondary N) is 1. The van der Waals surface area contributed by atoms with Gasteiger partial charge in [-0.3, -0.25) is 0 Å². The molecule has 98 valence electrons. The second-order valence-electron chi connectivity index (χ2n) is 5.96. The van der Waals surface area contributed by atoms with Gasteiger partial charge in [0.05, 0.1) is 16.3 Å². The maximum absolute atomic E-state index is 5.35. The van der Waals surface area contributed by atoms with E-state index in [4.69, 9.17) is 4.74 Å². The highest BCUT2D eigenvalue weighted by Gasteiger charge is 2.19. The molecule has 0 amide bonds. The van der Waals surface area contributed by atoms with E-state index in [0.717, 1.165) is 18.8 Å². The Balaban J connectivity index is 2.46. The predicted molar refractivity (Wildman–Crippen MR) is 73.6 cm³/mol. The maximum atomic E-state index is 5.35. The van der Waals surface area contributed by atoms with E-state index in [2.05, 4.69) is 50.3 Å². The number of aromatic nitrogens is 1. The smallest absolute Gasteiger partial charge is 0.0982 e. The molecule has 0 aromatic carbocycles. The number of hydrogen-bond donors (Lipinski definition) is 1. The van der Waals surface area contributed by atoms with E-state index >= 15 is 0 Å². The summed E-state index contributed by atoms with van der Waals surface area (Å²) in [6, 6.07) is 0. The van der Waals surface area contributed by atoms with Crippen molar-refractivity contribution < 1.29 is 4.74 Å². The lowest BCUT2D eigenvalue weighted by Crippen LogP contribution is -2.36. The molecule has 0 saturated carbocycles. The van der Waals surface area contributed by atoms with Crippen molar-refractivity contribution in [2.45, 2.75) is 52.2 Å². The second-order valence-corrected chi connectivity index (χ2v) is 6.82. The van der Waals surface area contributed by atoms with E-state index in [9.17, 15) is 0 Å². The summed E-state index contributed by atoms with van der Waals surface area (Å²) in [5, 5.41) is 6.70. The first-order chi connectivity index (χ1) is 7.74. The highest BCUT2D eigenvalue weighted by Crippen LogP contribution is 2.25. The van der Waals surface area contributed by atoms with Gasteiger partial charge in [0.15, 0.2) is 0 Å². The summed E-state index contributed by atoms with van der Waals surface area (Å²) in [4.78, 5) is 4.64. The maximum Gasteiger partial charge on any atom is 0.0982 e. The molecule has 0 atom stereocenters. The van der Waals surface area contributed by atoms with Crippen LogP contribution in [-0.4, -0.2) is 24.2 Å². The first-order valence-electron chi connectivity index (χ1n) is 5.95. The Hall–Kier alpha value is -0.450. The zero-order valence-electron chi connectivity index (χ0n) is 11.8. The summed E-state index contributed by atoms with van der Waals surface area (Å²) >= 11 is 1.74. The van der Waals surface area contributed by atoms with Crippen LogP contribution in [0.15, 0.2) is 5.38 Å². The van der Waals surface area contributed by atoms with Crippen molar-refractivity contribution in [3.8, 4) is 0 Å². The third-order valence-electron chi connectivity index (χ3n) is 2.60. The number of methoxy groups -OCH3 is 1. The Kier molecular flexibility index (Phi) is 4.69. The largest absolute Gasteiger partial charge is 0.377 e. The Bertz CT molecular complexity index is 353. The van der Waals surface area contributed by atoms with Crippen LogP contribution in [-0.2, 0) is 16.7 Å². The van der Waals surface area contributed by atoms with Crippen molar-refractivity contribution in [2.24, 2.45) is 0 Å². The zero-order chi connectivity index (χ0) is 13.1. The van der Waals surface area contributed by atoms with Crippen LogP contribution in [0.5, 0.6) is 0 Å². The van der Waals surface area contributed by atoms with Crippen LogP contribution in [0.3, 0.4) is 0 Å². The Labute approximate surface area is 109 Å². The van der Waals surface area contributed by atoms with E-state index in [-0.39, 0.29) is 11.0 Å². The Morgan fingerprint density at radius 1 is 1.29 bits per heavy atom. The molecule has 0 aliphatic rings. The number of hydrogen-bond acceptors (Lipinski definition) is 4. The fraction of sp³-hybridized carbons (Fsp3) is 0.769. The molecule has 0 bridgehead atoms. The fourth-order valence-electron chi connectivity index (χ4n) is 1.30. The molecule has 1 heterocycles. The van der Waals surface area contributed by atoms with E-state index in [1.807, 2.05) is 0 Å². The Morgan fingerprint density at radius 2 is 1.94 bits per heavy atom. The predicted octanol–water partition coefficient (Wildman–Crippen LogP) is 2.96. The highest BCUT2D eigenvalue weighted by molar-refractivity contribution is 7.09. The van der Waals surface area contributed by atoms with Crippen molar-refractivity contribution in [1.29, 1.82) is 0 Å². The van der Waals surface area contributed by atoms with E-state index < -0.39 is 0 Å². The van der Waals surface area contributed by atoms with Gasteiger partial charge in [0.1, 0.15) is 0 Å². The molecule has 0 radical (unpaired) electrons. The topological polar surface area (TPSA) is 34.1 Å². The van der Waals surface area contributed by atoms with Gasteiger partial charge in [-0.1, -0.05) is 20.8 Å². The van der Waals surface area contributed by atoms with Gasteiger partial charge >= 0.3 is 0 Å². The zero-order valence-corrected chi connectivity index (χ0v) is 12.6. The number of ether oxygens (including phenoxy) is 1. The fourth-order valence-corrected chi connectivity index (χ4v) is 2.20. The second kappa shape index (κ2) is 5.46. The molecular formula is C13H24N2OS. The summed E-state index contributed by atoms with van der Waals surface area (Å²) in [6.45, 7) is 12.3. The molecule has 1 N–H and O–H groups in total. The minimum absolute atomic E-state index is 0.122. The van der Waals surface area contributed by atoms with Gasteiger partial charge in [-0.05, 0) is 13.8 Å². The van der Waals surface area contributed by atoms with Crippen molar-refractivity contribution in [2.75, 3.05) is 13.7 Å². The van der Waals surface area contributed by atoms with Crippen molar-refractivity contribution >= 4 is 11.3 Å². The van der Waals surface area contributed by atoms with Crippen molar-refractivity contribution in [3.05, 3.63) is 16.1 Å². The minimum atomic E-state index is -0.122. The van der Waals surface area contributed by atoms with Crippen LogP contribution in [0, 0.1) is 0 Å². The van der Waals surface area contributed by atoms with Crippen molar-refractivity contribution in [3.63, 3.8) is 0 Å². The quantitative estimate of drug-likeness (QED) is 0.879. The van der Waals surface area contributed by atoms with Gasteiger partial charge < -0.3 is 10.1 Å². The van der Waals surface area contributed by atoms with Crippen molar-refractivity contribution in [1.82, 2.24) is 10.3 Å². The average Bonchev–Trinajstić information content (AvgIpc) is 2.66. The minimum Gasteiger partial charge on any atom is -0.377 e. The van der Waals surface area contributed by atoms with Gasteiger partial charge in [0.2, 0.25) is 0 Å². The molecule has 0 saturated heterocycles. The molecule has 0 spiro atoms. The van der Waals surface area contributed by atoms with Crippen LogP contribution in [0.25, 0.3) is 0 Å². The molecule has 0 aliphatic heterocycles. The van der Waals surface area contributed by atoms with E-state index in [0.29, 0.717) is 0 Å². The highest BCUT2D eigenvalue weighted by atomic mass is 32.1. The first kappa shape index (κ1) is 14.6. The lowest BCUT2D eigenvalue weighted by molar-refractivity contribution is 0.0230. The molecule has 4 heteroatoms. The first-order valence-corrected chi connectivity index (χ1v) is 6.83. The molecule has 1 rings (SSSR count). The number of thiazole rings is 1. The van der Waals surface area contributed by atoms with Gasteiger partial charge in [-0.2, -0.15) is 0 Å². The average molecular weight is 256 g/mol. The number of nitrogens with zero attached hydrogens (tertiary/aromatic N) is 1. The SMILES string of the molecule is COC(C)(C)CNCc1csc(C(C)(C)C)n1. The van der Waals surface area contributed by atoms with Gasteiger partial charge in [-0.25, -0.2) is 4.98 Å². The summed E-state index contributed by atoms with van der Waals surface area (Å²) in [5.41, 5.74) is 1.14. The van der Waals surface area contributed by atoms with Gasteiger partial charge in [0, 0.05) is 31.0 Å². The van der Waals surface area contributed by atoms with Gasteiger partial charge in [0.25, 0.3) is 0 Å². The lowest BCUT2D eigenvalue weighted by atomic mass is 9.98. The van der Waals surface area contributed by atoms with Crippen LogP contribution in [0.1, 0.15) is 45.3 Å². The molecular weight excluding hydrogens is 232 g/mol. The molecule has 1 aromatic rings. The van der Waals surface area contributed by atoms with Crippen LogP contribution < -0.4 is 5.32 Å². The Morgan fingerprint density at radius 3 is 2.41 bits per heavy atom. The molecule has 0 aliphatic carbocycles. The molecule has 0 fully saturated rings. The third-order valence-corrected chi connectivity index (χ3v) is 3.92. The van der Waals surface area contributed by atoms with Crippen LogP contribution in [0.4, 0.5) is 0 Å².